The SMILES string of the molecule is COC(=O)c1sc2ncc(C(=O)/C=C/c3ccc(C)cc3)cc2c1C. The molecular formula is C20H17NO3S. The molecule has 4 nitrogen and oxygen atoms in total. The zero-order valence-electron chi connectivity index (χ0n) is 14.2. The molecule has 0 saturated heterocycles. The summed E-state index contributed by atoms with van der Waals surface area (Å²) in [7, 11) is 1.35. The molecular weight excluding hydrogens is 334 g/mol. The van der Waals surface area contributed by atoms with E-state index in [1.54, 1.807) is 18.3 Å². The number of hydrogen-bond acceptors (Lipinski definition) is 5. The minimum atomic E-state index is -0.382. The van der Waals surface area contributed by atoms with Crippen molar-refractivity contribution in [2.75, 3.05) is 7.11 Å². The number of nitrogens with zero attached hydrogens (tertiary/aromatic N) is 1. The number of ether oxygens (including phenoxy) is 1. The second kappa shape index (κ2) is 6.99. The second-order valence-electron chi connectivity index (χ2n) is 5.73. The number of ketones is 1. The monoisotopic (exact) mass is 351 g/mol. The molecule has 0 aliphatic carbocycles. The smallest absolute Gasteiger partial charge is 0.348 e. The molecule has 3 rings (SSSR count). The van der Waals surface area contributed by atoms with E-state index >= 15 is 0 Å². The van der Waals surface area contributed by atoms with Gasteiger partial charge in [-0.05, 0) is 37.1 Å². The van der Waals surface area contributed by atoms with Gasteiger partial charge in [-0.25, -0.2) is 9.78 Å². The molecule has 2 heterocycles. The van der Waals surface area contributed by atoms with Crippen LogP contribution in [0.15, 0.2) is 42.6 Å². The number of rotatable bonds is 4. The van der Waals surface area contributed by atoms with Gasteiger partial charge >= 0.3 is 5.97 Å². The van der Waals surface area contributed by atoms with Gasteiger partial charge in [-0.1, -0.05) is 35.9 Å². The van der Waals surface area contributed by atoms with Crippen LogP contribution < -0.4 is 0 Å². The van der Waals surface area contributed by atoms with Gasteiger partial charge in [-0.3, -0.25) is 4.79 Å². The van der Waals surface area contributed by atoms with Crippen LogP contribution in [0.4, 0.5) is 0 Å². The summed E-state index contributed by atoms with van der Waals surface area (Å²) in [5, 5.41) is 0.806. The fourth-order valence-corrected chi connectivity index (χ4v) is 3.52. The van der Waals surface area contributed by atoms with Crippen molar-refractivity contribution in [3.05, 3.63) is 69.7 Å². The number of aryl methyl sites for hydroxylation is 2. The molecule has 0 aliphatic rings. The first-order chi connectivity index (χ1) is 12.0. The largest absolute Gasteiger partial charge is 0.465 e. The number of carbonyl (C=O) groups excluding carboxylic acids is 2. The van der Waals surface area contributed by atoms with E-state index < -0.39 is 0 Å². The van der Waals surface area contributed by atoms with Crippen LogP contribution in [0.25, 0.3) is 16.3 Å². The van der Waals surface area contributed by atoms with Gasteiger partial charge in [0.1, 0.15) is 9.71 Å². The van der Waals surface area contributed by atoms with E-state index in [0.29, 0.717) is 10.4 Å². The minimum absolute atomic E-state index is 0.125. The Morgan fingerprint density at radius 1 is 1.16 bits per heavy atom. The molecule has 126 valence electrons. The Bertz CT molecular complexity index is 984. The van der Waals surface area contributed by atoms with Crippen LogP contribution in [0.1, 0.15) is 36.7 Å². The normalized spacial score (nSPS) is 11.2. The quantitative estimate of drug-likeness (QED) is 0.392. The zero-order chi connectivity index (χ0) is 18.0. The molecule has 0 fully saturated rings. The topological polar surface area (TPSA) is 56.3 Å². The number of thiophene rings is 1. The van der Waals surface area contributed by atoms with Crippen LogP contribution >= 0.6 is 11.3 Å². The number of carbonyl (C=O) groups is 2. The first-order valence-electron chi connectivity index (χ1n) is 7.76. The lowest BCUT2D eigenvalue weighted by molar-refractivity contribution is 0.0605. The van der Waals surface area contributed by atoms with E-state index in [1.165, 1.54) is 30.1 Å². The first-order valence-corrected chi connectivity index (χ1v) is 8.58. The van der Waals surface area contributed by atoms with Crippen molar-refractivity contribution in [1.82, 2.24) is 4.98 Å². The first kappa shape index (κ1) is 17.0. The van der Waals surface area contributed by atoms with Crippen molar-refractivity contribution in [3.8, 4) is 0 Å². The number of allylic oxidation sites excluding steroid dienone is 1. The zero-order valence-corrected chi connectivity index (χ0v) is 15.0. The number of methoxy groups -OCH3 is 1. The lowest BCUT2D eigenvalue weighted by Crippen LogP contribution is -1.99. The molecule has 2 aromatic heterocycles. The molecule has 1 aromatic carbocycles. The Kier molecular flexibility index (Phi) is 4.76. The summed E-state index contributed by atoms with van der Waals surface area (Å²) in [6.07, 6.45) is 4.86. The molecule has 0 aliphatic heterocycles. The molecule has 0 atom stereocenters. The lowest BCUT2D eigenvalue weighted by Gasteiger charge is -1.98. The van der Waals surface area contributed by atoms with Crippen molar-refractivity contribution in [2.24, 2.45) is 0 Å². The summed E-state index contributed by atoms with van der Waals surface area (Å²) >= 11 is 1.27. The number of fused-ring (bicyclic) bond motifs is 1. The third kappa shape index (κ3) is 3.51. The molecule has 5 heteroatoms. The Balaban J connectivity index is 1.90. The fourth-order valence-electron chi connectivity index (χ4n) is 2.47. The van der Waals surface area contributed by atoms with Crippen molar-refractivity contribution in [3.63, 3.8) is 0 Å². The number of esters is 1. The predicted molar refractivity (Wildman–Crippen MR) is 100 cm³/mol. The number of pyridine rings is 1. The van der Waals surface area contributed by atoms with E-state index in [2.05, 4.69) is 4.98 Å². The maximum Gasteiger partial charge on any atom is 0.348 e. The molecule has 0 unspecified atom stereocenters. The standard InChI is InChI=1S/C20H17NO3S/c1-12-4-6-14(7-5-12)8-9-17(22)15-10-16-13(2)18(20(23)24-3)25-19(16)21-11-15/h4-11H,1-3H3/b9-8+. The highest BCUT2D eigenvalue weighted by Gasteiger charge is 2.17. The molecule has 0 saturated carbocycles. The Morgan fingerprint density at radius 3 is 2.56 bits per heavy atom. The van der Waals surface area contributed by atoms with E-state index in [4.69, 9.17) is 4.74 Å². The van der Waals surface area contributed by atoms with Gasteiger partial charge in [0, 0.05) is 17.1 Å². The highest BCUT2D eigenvalue weighted by molar-refractivity contribution is 7.20. The molecule has 3 aromatic rings. The van der Waals surface area contributed by atoms with Crippen molar-refractivity contribution in [1.29, 1.82) is 0 Å². The highest BCUT2D eigenvalue weighted by atomic mass is 32.1. The molecule has 0 bridgehead atoms. The lowest BCUT2D eigenvalue weighted by atomic mass is 10.1. The Labute approximate surface area is 149 Å². The number of aromatic nitrogens is 1. The summed E-state index contributed by atoms with van der Waals surface area (Å²) in [5.41, 5.74) is 3.42. The summed E-state index contributed by atoms with van der Waals surface area (Å²) in [4.78, 5) is 29.8. The van der Waals surface area contributed by atoms with Crippen LogP contribution in [0.2, 0.25) is 0 Å². The third-order valence-corrected chi connectivity index (χ3v) is 5.15. The van der Waals surface area contributed by atoms with Crippen molar-refractivity contribution in [2.45, 2.75) is 13.8 Å². The average molecular weight is 351 g/mol. The van der Waals surface area contributed by atoms with Gasteiger partial charge in [0.25, 0.3) is 0 Å². The summed E-state index contributed by atoms with van der Waals surface area (Å²) in [6.45, 7) is 3.86. The van der Waals surface area contributed by atoms with Crippen LogP contribution in [-0.2, 0) is 4.74 Å². The van der Waals surface area contributed by atoms with Crippen LogP contribution in [-0.4, -0.2) is 23.8 Å². The van der Waals surface area contributed by atoms with Gasteiger partial charge in [-0.2, -0.15) is 0 Å². The van der Waals surface area contributed by atoms with Crippen molar-refractivity contribution < 1.29 is 14.3 Å². The number of hydrogen-bond donors (Lipinski definition) is 0. The summed E-state index contributed by atoms with van der Waals surface area (Å²) in [6, 6.07) is 9.71. The molecule has 0 N–H and O–H groups in total. The maximum atomic E-state index is 12.4. The van der Waals surface area contributed by atoms with Crippen LogP contribution in [0.3, 0.4) is 0 Å². The van der Waals surface area contributed by atoms with Gasteiger partial charge in [0.2, 0.25) is 0 Å². The maximum absolute atomic E-state index is 12.4. The predicted octanol–water partition coefficient (Wildman–Crippen LogP) is 4.60. The Hall–Kier alpha value is -2.79. The van der Waals surface area contributed by atoms with Crippen molar-refractivity contribution >= 4 is 39.4 Å². The summed E-state index contributed by atoms with van der Waals surface area (Å²) < 4.78 is 4.79. The molecule has 0 spiro atoms. The van der Waals surface area contributed by atoms with E-state index in [0.717, 1.165) is 21.3 Å². The van der Waals surface area contributed by atoms with E-state index in [9.17, 15) is 9.59 Å². The van der Waals surface area contributed by atoms with Crippen LogP contribution in [0.5, 0.6) is 0 Å². The van der Waals surface area contributed by atoms with Gasteiger partial charge < -0.3 is 4.74 Å². The molecule has 25 heavy (non-hydrogen) atoms. The summed E-state index contributed by atoms with van der Waals surface area (Å²) in [5.74, 6) is -0.507. The fraction of sp³-hybridized carbons (Fsp3) is 0.150. The molecule has 0 amide bonds. The van der Waals surface area contributed by atoms with Gasteiger partial charge in [0.15, 0.2) is 5.78 Å². The van der Waals surface area contributed by atoms with E-state index in [1.807, 2.05) is 38.1 Å². The highest BCUT2D eigenvalue weighted by Crippen LogP contribution is 2.30. The van der Waals surface area contributed by atoms with Crippen LogP contribution in [0, 0.1) is 13.8 Å². The third-order valence-electron chi connectivity index (χ3n) is 3.95. The average Bonchev–Trinajstić information content (AvgIpc) is 2.96. The Morgan fingerprint density at radius 2 is 1.88 bits per heavy atom. The number of benzene rings is 1. The van der Waals surface area contributed by atoms with E-state index in [-0.39, 0.29) is 11.8 Å². The second-order valence-corrected chi connectivity index (χ2v) is 6.73. The molecule has 0 radical (unpaired) electrons. The van der Waals surface area contributed by atoms with Gasteiger partial charge in [0.05, 0.1) is 7.11 Å². The van der Waals surface area contributed by atoms with Gasteiger partial charge in [-0.15, -0.1) is 11.3 Å². The minimum Gasteiger partial charge on any atom is -0.465 e.